The second-order valence-corrected chi connectivity index (χ2v) is 7.97. The summed E-state index contributed by atoms with van der Waals surface area (Å²) in [4.78, 5) is 14.6. The van der Waals surface area contributed by atoms with Crippen molar-refractivity contribution in [2.24, 2.45) is 11.8 Å². The van der Waals surface area contributed by atoms with E-state index >= 15 is 0 Å². The topological polar surface area (TPSA) is 64.8 Å². The first-order valence-electron chi connectivity index (χ1n) is 8.78. The number of anilines is 2. The van der Waals surface area contributed by atoms with Crippen LogP contribution in [0.25, 0.3) is 0 Å². The Morgan fingerprint density at radius 2 is 2.04 bits per heavy atom. The molecule has 1 amide bonds. The third kappa shape index (κ3) is 1.86. The van der Waals surface area contributed by atoms with E-state index < -0.39 is 29.2 Å². The molecule has 5 rings (SSSR count). The molecule has 1 spiro atoms. The number of carbonyl (C=O) groups is 1. The van der Waals surface area contributed by atoms with Crippen LogP contribution in [-0.2, 0) is 20.4 Å². The van der Waals surface area contributed by atoms with E-state index in [0.717, 1.165) is 25.3 Å². The molecule has 4 aliphatic heterocycles. The van der Waals surface area contributed by atoms with Gasteiger partial charge in [0, 0.05) is 23.7 Å². The van der Waals surface area contributed by atoms with Crippen molar-refractivity contribution in [3.05, 3.63) is 23.8 Å². The van der Waals surface area contributed by atoms with Gasteiger partial charge in [0.15, 0.2) is 0 Å². The Morgan fingerprint density at radius 3 is 2.77 bits per heavy atom. The second-order valence-electron chi connectivity index (χ2n) is 7.97. The van der Waals surface area contributed by atoms with Crippen LogP contribution in [0.2, 0.25) is 0 Å². The highest BCUT2D eigenvalue weighted by Crippen LogP contribution is 2.65. The average Bonchev–Trinajstić information content (AvgIpc) is 3.14. The van der Waals surface area contributed by atoms with Crippen LogP contribution >= 0.6 is 0 Å². The molecule has 4 aliphatic rings. The van der Waals surface area contributed by atoms with Gasteiger partial charge in [-0.1, -0.05) is 0 Å². The average molecular weight is 368 g/mol. The Bertz CT molecular complexity index is 809. The first-order chi connectivity index (χ1) is 12.2. The summed E-state index contributed by atoms with van der Waals surface area (Å²) in [6.45, 7) is 2.36. The molecule has 0 radical (unpaired) electrons. The van der Waals surface area contributed by atoms with E-state index in [0.29, 0.717) is 6.61 Å². The largest absolute Gasteiger partial charge is 0.418 e. The fourth-order valence-electron chi connectivity index (χ4n) is 5.53. The lowest BCUT2D eigenvalue weighted by atomic mass is 9.66. The molecule has 5 nitrogen and oxygen atoms in total. The van der Waals surface area contributed by atoms with Crippen molar-refractivity contribution in [3.63, 3.8) is 0 Å². The summed E-state index contributed by atoms with van der Waals surface area (Å²) in [5, 5.41) is 0. The summed E-state index contributed by atoms with van der Waals surface area (Å²) in [5.41, 5.74) is 3.42. The SMILES string of the molecule is CC12CCC3(CCO[C@H]4[C@@H]3[C@@H]1C(=O)N4c1ccc(N)c(C(F)(F)F)c1)O2. The van der Waals surface area contributed by atoms with Crippen molar-refractivity contribution in [1.82, 2.24) is 0 Å². The molecule has 0 aromatic heterocycles. The fraction of sp³-hybridized carbons (Fsp3) is 0.611. The number of amides is 1. The van der Waals surface area contributed by atoms with Gasteiger partial charge in [0.2, 0.25) is 5.91 Å². The van der Waals surface area contributed by atoms with E-state index in [4.69, 9.17) is 15.2 Å². The van der Waals surface area contributed by atoms with Gasteiger partial charge in [0.05, 0.1) is 29.3 Å². The Morgan fingerprint density at radius 1 is 1.27 bits per heavy atom. The monoisotopic (exact) mass is 368 g/mol. The molecule has 2 N–H and O–H groups in total. The zero-order valence-corrected chi connectivity index (χ0v) is 14.2. The molecule has 8 heteroatoms. The molecule has 2 bridgehead atoms. The second kappa shape index (κ2) is 4.72. The molecule has 2 unspecified atom stereocenters. The maximum atomic E-state index is 13.3. The zero-order valence-electron chi connectivity index (χ0n) is 14.2. The maximum absolute atomic E-state index is 13.3. The molecular formula is C18H19F3N2O3. The van der Waals surface area contributed by atoms with Gasteiger partial charge >= 0.3 is 6.18 Å². The van der Waals surface area contributed by atoms with Crippen LogP contribution < -0.4 is 10.6 Å². The van der Waals surface area contributed by atoms with Crippen LogP contribution in [0.15, 0.2) is 18.2 Å². The summed E-state index contributed by atoms with van der Waals surface area (Å²) in [5.74, 6) is -0.744. The minimum absolute atomic E-state index is 0.144. The molecule has 5 atom stereocenters. The van der Waals surface area contributed by atoms with Gasteiger partial charge in [-0.25, -0.2) is 0 Å². The van der Waals surface area contributed by atoms with Crippen molar-refractivity contribution in [3.8, 4) is 0 Å². The van der Waals surface area contributed by atoms with Gasteiger partial charge in [-0.15, -0.1) is 0 Å². The lowest BCUT2D eigenvalue weighted by Crippen LogP contribution is -2.51. The van der Waals surface area contributed by atoms with Crippen molar-refractivity contribution < 1.29 is 27.4 Å². The fourth-order valence-corrected chi connectivity index (χ4v) is 5.53. The van der Waals surface area contributed by atoms with E-state index in [9.17, 15) is 18.0 Å². The number of carbonyl (C=O) groups excluding carboxylic acids is 1. The van der Waals surface area contributed by atoms with Gasteiger partial charge in [-0.3, -0.25) is 9.69 Å². The number of ether oxygens (including phenoxy) is 2. The number of alkyl halides is 3. The van der Waals surface area contributed by atoms with E-state index in [1.165, 1.54) is 17.0 Å². The standard InChI is InChI=1S/C18H19F3N2O3/c1-16-4-5-17(26-16)6-7-25-15-13(17)12(16)14(24)23(15)9-2-3-11(22)10(8-9)18(19,20)21/h2-3,8,12-13,15H,4-7,22H2,1H3/t12-,13+,15+,16?,17?/m1/s1. The van der Waals surface area contributed by atoms with Gasteiger partial charge in [-0.2, -0.15) is 13.2 Å². The van der Waals surface area contributed by atoms with Crippen LogP contribution in [0.3, 0.4) is 0 Å². The summed E-state index contributed by atoms with van der Waals surface area (Å²) >= 11 is 0. The molecule has 1 aromatic rings. The number of nitrogens with two attached hydrogens (primary N) is 1. The minimum Gasteiger partial charge on any atom is -0.398 e. The third-order valence-electron chi connectivity index (χ3n) is 6.60. The number of benzene rings is 1. The van der Waals surface area contributed by atoms with E-state index in [2.05, 4.69) is 0 Å². The highest BCUT2D eigenvalue weighted by molar-refractivity contribution is 6.00. The summed E-state index contributed by atoms with van der Waals surface area (Å²) in [6.07, 6.45) is -2.80. The van der Waals surface area contributed by atoms with Crippen molar-refractivity contribution >= 4 is 17.3 Å². The van der Waals surface area contributed by atoms with Crippen LogP contribution in [0.4, 0.5) is 24.5 Å². The summed E-state index contributed by atoms with van der Waals surface area (Å²) in [6, 6.07) is 3.61. The molecule has 1 aromatic carbocycles. The lowest BCUT2D eigenvalue weighted by Gasteiger charge is -2.41. The Kier molecular flexibility index (Phi) is 2.98. The number of hydrogen-bond acceptors (Lipinski definition) is 4. The number of hydrogen-bond donors (Lipinski definition) is 1. The van der Waals surface area contributed by atoms with Crippen LogP contribution in [0, 0.1) is 11.8 Å². The highest BCUT2D eigenvalue weighted by Gasteiger charge is 2.75. The highest BCUT2D eigenvalue weighted by atomic mass is 19.4. The Balaban J connectivity index is 1.61. The van der Waals surface area contributed by atoms with E-state index in [-0.39, 0.29) is 29.1 Å². The Labute approximate surface area is 148 Å². The third-order valence-corrected chi connectivity index (χ3v) is 6.60. The predicted octanol–water partition coefficient (Wildman–Crippen LogP) is 2.93. The van der Waals surface area contributed by atoms with Crippen molar-refractivity contribution in [2.45, 2.75) is 49.8 Å². The quantitative estimate of drug-likeness (QED) is 0.774. The molecular weight excluding hydrogens is 349 g/mol. The number of fused-ring (bicyclic) bond motifs is 2. The normalized spacial score (nSPS) is 41.0. The molecule has 140 valence electrons. The number of nitrogens with zero attached hydrogens (tertiary/aromatic N) is 1. The molecule has 4 fully saturated rings. The summed E-state index contributed by atoms with van der Waals surface area (Å²) < 4.78 is 52.0. The van der Waals surface area contributed by atoms with Gasteiger partial charge in [0.25, 0.3) is 0 Å². The molecule has 4 heterocycles. The van der Waals surface area contributed by atoms with Crippen LogP contribution in [-0.4, -0.2) is 29.9 Å². The molecule has 4 saturated heterocycles. The summed E-state index contributed by atoms with van der Waals surface area (Å²) in [7, 11) is 0. The molecule has 26 heavy (non-hydrogen) atoms. The number of rotatable bonds is 1. The van der Waals surface area contributed by atoms with Gasteiger partial charge in [0.1, 0.15) is 6.23 Å². The van der Waals surface area contributed by atoms with Crippen LogP contribution in [0.5, 0.6) is 0 Å². The Hall–Kier alpha value is -1.80. The maximum Gasteiger partial charge on any atom is 0.418 e. The first kappa shape index (κ1) is 16.4. The molecule has 0 aliphatic carbocycles. The van der Waals surface area contributed by atoms with Gasteiger partial charge < -0.3 is 15.2 Å². The van der Waals surface area contributed by atoms with Gasteiger partial charge in [-0.05, 0) is 38.0 Å². The number of halogens is 3. The minimum atomic E-state index is -4.58. The van der Waals surface area contributed by atoms with E-state index in [1.807, 2.05) is 6.92 Å². The van der Waals surface area contributed by atoms with E-state index in [1.54, 1.807) is 0 Å². The number of nitrogen functional groups attached to an aromatic ring is 1. The molecule has 0 saturated carbocycles. The van der Waals surface area contributed by atoms with Crippen LogP contribution in [0.1, 0.15) is 31.7 Å². The first-order valence-corrected chi connectivity index (χ1v) is 8.78. The lowest BCUT2D eigenvalue weighted by molar-refractivity contribution is -0.140. The predicted molar refractivity (Wildman–Crippen MR) is 86.1 cm³/mol. The van der Waals surface area contributed by atoms with Crippen molar-refractivity contribution in [2.75, 3.05) is 17.2 Å². The zero-order chi connectivity index (χ0) is 18.5. The van der Waals surface area contributed by atoms with Crippen molar-refractivity contribution in [1.29, 1.82) is 0 Å². The smallest absolute Gasteiger partial charge is 0.398 e.